The summed E-state index contributed by atoms with van der Waals surface area (Å²) in [6.45, 7) is 3.32. The van der Waals surface area contributed by atoms with Crippen molar-refractivity contribution in [2.45, 2.75) is 38.3 Å². The standard InChI is InChI=1S/C17H18FN3O2/c1-17(2,16(23)19-13-7-8-13)21-15(22)10-9-14(20-21)11-3-5-12(18)6-4-11/h3-6,9-10,13H,7-8H2,1-2H3,(H,19,23). The molecule has 1 aromatic carbocycles. The van der Waals surface area contributed by atoms with Gasteiger partial charge in [0.2, 0.25) is 5.91 Å². The van der Waals surface area contributed by atoms with E-state index < -0.39 is 5.54 Å². The highest BCUT2D eigenvalue weighted by atomic mass is 19.1. The number of hydrogen-bond donors (Lipinski definition) is 1. The average Bonchev–Trinajstić information content (AvgIpc) is 3.32. The number of carbonyl (C=O) groups excluding carboxylic acids is 1. The Kier molecular flexibility index (Phi) is 3.75. The summed E-state index contributed by atoms with van der Waals surface area (Å²) in [6.07, 6.45) is 1.94. The van der Waals surface area contributed by atoms with Crippen LogP contribution in [0, 0.1) is 5.82 Å². The molecule has 0 atom stereocenters. The largest absolute Gasteiger partial charge is 0.351 e. The molecule has 1 aliphatic rings. The third-order valence-corrected chi connectivity index (χ3v) is 3.94. The van der Waals surface area contributed by atoms with Gasteiger partial charge in [-0.2, -0.15) is 5.10 Å². The Morgan fingerprint density at radius 1 is 1.22 bits per heavy atom. The van der Waals surface area contributed by atoms with Crippen LogP contribution in [0.1, 0.15) is 26.7 Å². The lowest BCUT2D eigenvalue weighted by Crippen LogP contribution is -2.50. The number of aromatic nitrogens is 2. The second kappa shape index (κ2) is 5.61. The van der Waals surface area contributed by atoms with E-state index in [-0.39, 0.29) is 23.3 Å². The van der Waals surface area contributed by atoms with Gasteiger partial charge in [-0.15, -0.1) is 0 Å². The van der Waals surface area contributed by atoms with Crippen molar-refractivity contribution in [2.24, 2.45) is 0 Å². The molecule has 3 rings (SSSR count). The van der Waals surface area contributed by atoms with Crippen LogP contribution in [-0.4, -0.2) is 21.7 Å². The highest BCUT2D eigenvalue weighted by Crippen LogP contribution is 2.22. The highest BCUT2D eigenvalue weighted by Gasteiger charge is 2.35. The molecular weight excluding hydrogens is 297 g/mol. The van der Waals surface area contributed by atoms with Crippen LogP contribution in [0.15, 0.2) is 41.2 Å². The van der Waals surface area contributed by atoms with Crippen molar-refractivity contribution in [1.82, 2.24) is 15.1 Å². The third kappa shape index (κ3) is 3.16. The molecule has 0 unspecified atom stereocenters. The van der Waals surface area contributed by atoms with Gasteiger partial charge in [0, 0.05) is 17.7 Å². The van der Waals surface area contributed by atoms with Crippen LogP contribution >= 0.6 is 0 Å². The maximum atomic E-state index is 13.0. The zero-order valence-electron chi connectivity index (χ0n) is 13.0. The molecule has 0 radical (unpaired) electrons. The quantitative estimate of drug-likeness (QED) is 0.939. The number of nitrogens with one attached hydrogen (secondary N) is 1. The Morgan fingerprint density at radius 3 is 2.48 bits per heavy atom. The summed E-state index contributed by atoms with van der Waals surface area (Å²) in [7, 11) is 0. The number of hydrogen-bond acceptors (Lipinski definition) is 3. The van der Waals surface area contributed by atoms with Gasteiger partial charge in [0.05, 0.1) is 5.69 Å². The van der Waals surface area contributed by atoms with Crippen LogP contribution in [-0.2, 0) is 10.3 Å². The monoisotopic (exact) mass is 315 g/mol. The van der Waals surface area contributed by atoms with Crippen molar-refractivity contribution >= 4 is 5.91 Å². The van der Waals surface area contributed by atoms with Gasteiger partial charge in [0.1, 0.15) is 11.4 Å². The molecule has 2 aromatic rings. The van der Waals surface area contributed by atoms with Crippen LogP contribution in [0.3, 0.4) is 0 Å². The third-order valence-electron chi connectivity index (χ3n) is 3.94. The molecule has 1 N–H and O–H groups in total. The minimum Gasteiger partial charge on any atom is -0.351 e. The SMILES string of the molecule is CC(C)(C(=O)NC1CC1)n1nc(-c2ccc(F)cc2)ccc1=O. The van der Waals surface area contributed by atoms with Crippen molar-refractivity contribution in [3.8, 4) is 11.3 Å². The maximum absolute atomic E-state index is 13.0. The Labute approximate surface area is 133 Å². The van der Waals surface area contributed by atoms with Crippen molar-refractivity contribution in [1.29, 1.82) is 0 Å². The van der Waals surface area contributed by atoms with Crippen molar-refractivity contribution in [3.63, 3.8) is 0 Å². The minimum absolute atomic E-state index is 0.206. The summed E-state index contributed by atoms with van der Waals surface area (Å²) in [6, 6.07) is 8.99. The molecule has 6 heteroatoms. The first-order valence-corrected chi connectivity index (χ1v) is 7.56. The van der Waals surface area contributed by atoms with E-state index in [1.807, 2.05) is 0 Å². The molecule has 5 nitrogen and oxygen atoms in total. The molecule has 120 valence electrons. The molecule has 1 saturated carbocycles. The minimum atomic E-state index is -1.10. The van der Waals surface area contributed by atoms with Crippen LogP contribution in [0.4, 0.5) is 4.39 Å². The summed E-state index contributed by atoms with van der Waals surface area (Å²) in [5.41, 5.74) is -0.266. The van der Waals surface area contributed by atoms with Gasteiger partial charge < -0.3 is 5.32 Å². The molecule has 23 heavy (non-hydrogen) atoms. The van der Waals surface area contributed by atoms with E-state index in [0.29, 0.717) is 11.3 Å². The van der Waals surface area contributed by atoms with Gasteiger partial charge in [-0.25, -0.2) is 9.07 Å². The number of benzene rings is 1. The number of halogens is 1. The number of rotatable bonds is 4. The predicted molar refractivity (Wildman–Crippen MR) is 84.4 cm³/mol. The molecular formula is C17H18FN3O2. The van der Waals surface area contributed by atoms with Gasteiger partial charge in [0.15, 0.2) is 0 Å². The lowest BCUT2D eigenvalue weighted by molar-refractivity contribution is -0.129. The molecule has 0 aliphatic heterocycles. The van der Waals surface area contributed by atoms with Crippen molar-refractivity contribution in [2.75, 3.05) is 0 Å². The molecule has 1 fully saturated rings. The van der Waals surface area contributed by atoms with Crippen molar-refractivity contribution < 1.29 is 9.18 Å². The Hall–Kier alpha value is -2.50. The Bertz CT molecular complexity index is 792. The highest BCUT2D eigenvalue weighted by molar-refractivity contribution is 5.84. The maximum Gasteiger partial charge on any atom is 0.267 e. The fourth-order valence-corrected chi connectivity index (χ4v) is 2.27. The Morgan fingerprint density at radius 2 is 1.87 bits per heavy atom. The molecule has 1 heterocycles. The van der Waals surface area contributed by atoms with Gasteiger partial charge >= 0.3 is 0 Å². The van der Waals surface area contributed by atoms with E-state index in [4.69, 9.17) is 0 Å². The van der Waals surface area contributed by atoms with Gasteiger partial charge in [-0.1, -0.05) is 0 Å². The topological polar surface area (TPSA) is 64.0 Å². The first-order valence-electron chi connectivity index (χ1n) is 7.56. The van der Waals surface area contributed by atoms with Gasteiger partial charge in [-0.3, -0.25) is 9.59 Å². The van der Waals surface area contributed by atoms with Gasteiger partial charge in [0.25, 0.3) is 5.56 Å². The average molecular weight is 315 g/mol. The summed E-state index contributed by atoms with van der Waals surface area (Å²) in [4.78, 5) is 24.6. The predicted octanol–water partition coefficient (Wildman–Crippen LogP) is 2.06. The summed E-state index contributed by atoms with van der Waals surface area (Å²) >= 11 is 0. The number of nitrogens with zero attached hydrogens (tertiary/aromatic N) is 2. The second-order valence-corrected chi connectivity index (χ2v) is 6.28. The first kappa shape index (κ1) is 15.4. The number of amides is 1. The molecule has 0 spiro atoms. The van der Waals surface area contributed by atoms with Crippen molar-refractivity contribution in [3.05, 3.63) is 52.6 Å². The zero-order valence-corrected chi connectivity index (χ0v) is 13.0. The van der Waals surface area contributed by atoms with Crippen LogP contribution in [0.2, 0.25) is 0 Å². The number of carbonyl (C=O) groups is 1. The smallest absolute Gasteiger partial charge is 0.267 e. The normalized spacial score (nSPS) is 14.6. The molecule has 1 aliphatic carbocycles. The van der Waals surface area contributed by atoms with E-state index in [1.54, 1.807) is 32.0 Å². The van der Waals surface area contributed by atoms with E-state index in [0.717, 1.165) is 12.8 Å². The fourth-order valence-electron chi connectivity index (χ4n) is 2.27. The van der Waals surface area contributed by atoms with Crippen LogP contribution in [0.25, 0.3) is 11.3 Å². The molecule has 1 amide bonds. The summed E-state index contributed by atoms with van der Waals surface area (Å²) < 4.78 is 14.2. The molecule has 0 bridgehead atoms. The van der Waals surface area contributed by atoms with E-state index in [1.165, 1.54) is 22.9 Å². The summed E-state index contributed by atoms with van der Waals surface area (Å²) in [5, 5.41) is 7.21. The van der Waals surface area contributed by atoms with Gasteiger partial charge in [-0.05, 0) is 57.0 Å². The molecule has 0 saturated heterocycles. The summed E-state index contributed by atoms with van der Waals surface area (Å²) in [5.74, 6) is -0.572. The van der Waals surface area contributed by atoms with E-state index in [2.05, 4.69) is 10.4 Å². The lowest BCUT2D eigenvalue weighted by atomic mass is 10.0. The van der Waals surface area contributed by atoms with Crippen LogP contribution in [0.5, 0.6) is 0 Å². The lowest BCUT2D eigenvalue weighted by Gasteiger charge is -2.25. The Balaban J connectivity index is 1.98. The first-order chi connectivity index (χ1) is 10.9. The van der Waals surface area contributed by atoms with E-state index >= 15 is 0 Å². The second-order valence-electron chi connectivity index (χ2n) is 6.28. The van der Waals surface area contributed by atoms with Crippen LogP contribution < -0.4 is 10.9 Å². The van der Waals surface area contributed by atoms with E-state index in [9.17, 15) is 14.0 Å². The zero-order chi connectivity index (χ0) is 16.6. The molecule has 1 aromatic heterocycles. The fraction of sp³-hybridized carbons (Fsp3) is 0.353.